The van der Waals surface area contributed by atoms with Gasteiger partial charge in [-0.05, 0) is 19.1 Å². The molecule has 0 fully saturated rings. The van der Waals surface area contributed by atoms with Gasteiger partial charge in [0.2, 0.25) is 0 Å². The molecule has 4 aromatic rings. The number of benzene rings is 1. The second kappa shape index (κ2) is 7.28. The van der Waals surface area contributed by atoms with Gasteiger partial charge in [0.25, 0.3) is 5.91 Å². The molecule has 1 N–H and O–H groups in total. The van der Waals surface area contributed by atoms with Crippen molar-refractivity contribution in [2.75, 3.05) is 0 Å². The van der Waals surface area contributed by atoms with E-state index in [1.165, 1.54) is 21.8 Å². The highest BCUT2D eigenvalue weighted by Crippen LogP contribution is 2.30. The first kappa shape index (κ1) is 19.1. The summed E-state index contributed by atoms with van der Waals surface area (Å²) in [6, 6.07) is 11.5. The number of nitrogens with one attached hydrogen (secondary N) is 1. The monoisotopic (exact) mass is 417 g/mol. The van der Waals surface area contributed by atoms with E-state index in [9.17, 15) is 18.0 Å². The maximum Gasteiger partial charge on any atom is 0.417 e. The van der Waals surface area contributed by atoms with E-state index in [2.05, 4.69) is 20.5 Å². The molecule has 0 spiro atoms. The molecule has 0 saturated heterocycles. The minimum atomic E-state index is -4.48. The predicted molar refractivity (Wildman–Crippen MR) is 101 cm³/mol. The second-order valence-electron chi connectivity index (χ2n) is 6.22. The molecule has 1 aromatic carbocycles. The largest absolute Gasteiger partial charge is 0.417 e. The molecule has 0 atom stereocenters. The first-order valence-electron chi connectivity index (χ1n) is 8.55. The summed E-state index contributed by atoms with van der Waals surface area (Å²) in [5.74, 6) is -0.180. The van der Waals surface area contributed by atoms with E-state index in [1.54, 1.807) is 6.92 Å². The number of thiazole rings is 1. The molecule has 0 aliphatic heterocycles. The van der Waals surface area contributed by atoms with Gasteiger partial charge in [-0.15, -0.1) is 21.5 Å². The third kappa shape index (κ3) is 3.83. The molecule has 4 rings (SSSR count). The number of rotatable bonds is 4. The zero-order valence-electron chi connectivity index (χ0n) is 15.1. The van der Waals surface area contributed by atoms with Crippen molar-refractivity contribution >= 4 is 22.9 Å². The van der Waals surface area contributed by atoms with Crippen LogP contribution in [0.1, 0.15) is 26.1 Å². The van der Waals surface area contributed by atoms with Gasteiger partial charge < -0.3 is 5.32 Å². The molecule has 0 aliphatic rings. The average molecular weight is 417 g/mol. The minimum Gasteiger partial charge on any atom is -0.344 e. The fourth-order valence-electron chi connectivity index (χ4n) is 2.84. The summed E-state index contributed by atoms with van der Waals surface area (Å²) in [5, 5.41) is 11.2. The van der Waals surface area contributed by atoms with Crippen LogP contribution < -0.4 is 5.32 Å². The summed E-state index contributed by atoms with van der Waals surface area (Å²) < 4.78 is 40.1. The summed E-state index contributed by atoms with van der Waals surface area (Å²) in [7, 11) is 0. The normalized spacial score (nSPS) is 11.7. The van der Waals surface area contributed by atoms with E-state index in [1.807, 2.05) is 30.3 Å². The number of alkyl halides is 3. The van der Waals surface area contributed by atoms with Gasteiger partial charge in [0.05, 0.1) is 22.8 Å². The van der Waals surface area contributed by atoms with Gasteiger partial charge >= 0.3 is 6.18 Å². The number of aromatic nitrogens is 4. The Morgan fingerprint density at radius 2 is 1.90 bits per heavy atom. The third-order valence-corrected chi connectivity index (χ3v) is 5.16. The lowest BCUT2D eigenvalue weighted by molar-refractivity contribution is -0.137. The quantitative estimate of drug-likeness (QED) is 0.543. The number of hydrogen-bond donors (Lipinski definition) is 1. The molecule has 0 bridgehead atoms. The highest BCUT2D eigenvalue weighted by atomic mass is 32.1. The SMILES string of the molecule is Cc1nc(-c2ccccc2)c(C(=O)NCc2nnc3ccc(C(F)(F)F)cn23)s1. The Kier molecular flexibility index (Phi) is 4.79. The molecule has 3 aromatic heterocycles. The Balaban J connectivity index is 1.58. The van der Waals surface area contributed by atoms with Crippen molar-refractivity contribution in [2.45, 2.75) is 19.6 Å². The molecular weight excluding hydrogens is 403 g/mol. The standard InChI is InChI=1S/C19H14F3N5OS/c1-11-24-16(12-5-3-2-4-6-12)17(29-11)18(28)23-9-15-26-25-14-8-7-13(10-27(14)15)19(20,21)22/h2-8,10H,9H2,1H3,(H,23,28). The minimum absolute atomic E-state index is 0.0769. The Labute approximate surface area is 167 Å². The van der Waals surface area contributed by atoms with Crippen LogP contribution in [0.3, 0.4) is 0 Å². The molecular formula is C19H14F3N5OS. The lowest BCUT2D eigenvalue weighted by atomic mass is 10.1. The zero-order valence-corrected chi connectivity index (χ0v) is 15.9. The summed E-state index contributed by atoms with van der Waals surface area (Å²) in [5.41, 5.74) is 0.823. The van der Waals surface area contributed by atoms with Gasteiger partial charge in [0.1, 0.15) is 4.88 Å². The van der Waals surface area contributed by atoms with Crippen LogP contribution in [-0.4, -0.2) is 25.5 Å². The van der Waals surface area contributed by atoms with Gasteiger partial charge in [0.15, 0.2) is 11.5 Å². The van der Waals surface area contributed by atoms with Crippen LogP contribution in [-0.2, 0) is 12.7 Å². The molecule has 29 heavy (non-hydrogen) atoms. The number of halogens is 3. The van der Waals surface area contributed by atoms with Crippen molar-refractivity contribution in [1.29, 1.82) is 0 Å². The van der Waals surface area contributed by atoms with Gasteiger partial charge in [0, 0.05) is 11.8 Å². The molecule has 0 unspecified atom stereocenters. The number of carbonyl (C=O) groups is 1. The van der Waals surface area contributed by atoms with Crippen LogP contribution in [0.5, 0.6) is 0 Å². The highest BCUT2D eigenvalue weighted by Gasteiger charge is 2.31. The number of carbonyl (C=O) groups excluding carboxylic acids is 1. The van der Waals surface area contributed by atoms with Crippen LogP contribution >= 0.6 is 11.3 Å². The van der Waals surface area contributed by atoms with Crippen molar-refractivity contribution in [1.82, 2.24) is 24.9 Å². The molecule has 0 saturated carbocycles. The van der Waals surface area contributed by atoms with Crippen molar-refractivity contribution < 1.29 is 18.0 Å². The number of nitrogens with zero attached hydrogens (tertiary/aromatic N) is 4. The van der Waals surface area contributed by atoms with E-state index in [-0.39, 0.29) is 23.9 Å². The molecule has 0 radical (unpaired) electrons. The number of amides is 1. The molecule has 3 heterocycles. The predicted octanol–water partition coefficient (Wildman–Crippen LogP) is 4.11. The van der Waals surface area contributed by atoms with Gasteiger partial charge in [-0.25, -0.2) is 4.98 Å². The third-order valence-electron chi connectivity index (χ3n) is 4.19. The summed E-state index contributed by atoms with van der Waals surface area (Å²) in [6.45, 7) is 1.73. The number of aryl methyl sites for hydroxylation is 1. The van der Waals surface area contributed by atoms with E-state index >= 15 is 0 Å². The fourth-order valence-corrected chi connectivity index (χ4v) is 3.70. The van der Waals surface area contributed by atoms with Gasteiger partial charge in [-0.2, -0.15) is 13.2 Å². The van der Waals surface area contributed by atoms with E-state index in [0.717, 1.165) is 22.8 Å². The number of pyridine rings is 1. The summed E-state index contributed by atoms with van der Waals surface area (Å²) in [4.78, 5) is 17.6. The lowest BCUT2D eigenvalue weighted by Crippen LogP contribution is -2.23. The Morgan fingerprint density at radius 1 is 1.14 bits per heavy atom. The Hall–Kier alpha value is -3.27. The van der Waals surface area contributed by atoms with Gasteiger partial charge in [-0.3, -0.25) is 9.20 Å². The van der Waals surface area contributed by atoms with Crippen molar-refractivity contribution in [3.63, 3.8) is 0 Å². The zero-order chi connectivity index (χ0) is 20.6. The fraction of sp³-hybridized carbons (Fsp3) is 0.158. The van der Waals surface area contributed by atoms with E-state index in [0.29, 0.717) is 10.6 Å². The topological polar surface area (TPSA) is 72.2 Å². The van der Waals surface area contributed by atoms with E-state index in [4.69, 9.17) is 0 Å². The average Bonchev–Trinajstić information content (AvgIpc) is 3.29. The Bertz CT molecular complexity index is 1180. The van der Waals surface area contributed by atoms with Crippen LogP contribution in [0.25, 0.3) is 16.9 Å². The first-order chi connectivity index (χ1) is 13.8. The smallest absolute Gasteiger partial charge is 0.344 e. The molecule has 148 valence electrons. The van der Waals surface area contributed by atoms with Crippen molar-refractivity contribution in [2.24, 2.45) is 0 Å². The van der Waals surface area contributed by atoms with Crippen LogP contribution in [0.2, 0.25) is 0 Å². The Morgan fingerprint density at radius 3 is 2.62 bits per heavy atom. The first-order valence-corrected chi connectivity index (χ1v) is 9.36. The maximum atomic E-state index is 13.0. The van der Waals surface area contributed by atoms with Crippen LogP contribution in [0.4, 0.5) is 13.2 Å². The second-order valence-corrected chi connectivity index (χ2v) is 7.42. The number of hydrogen-bond acceptors (Lipinski definition) is 5. The van der Waals surface area contributed by atoms with Crippen molar-refractivity contribution in [3.05, 3.63) is 69.9 Å². The maximum absolute atomic E-state index is 13.0. The highest BCUT2D eigenvalue weighted by molar-refractivity contribution is 7.14. The van der Waals surface area contributed by atoms with Gasteiger partial charge in [-0.1, -0.05) is 30.3 Å². The van der Waals surface area contributed by atoms with Crippen molar-refractivity contribution in [3.8, 4) is 11.3 Å². The molecule has 10 heteroatoms. The molecule has 6 nitrogen and oxygen atoms in total. The van der Waals surface area contributed by atoms with Crippen LogP contribution in [0, 0.1) is 6.92 Å². The van der Waals surface area contributed by atoms with E-state index < -0.39 is 11.7 Å². The number of fused-ring (bicyclic) bond motifs is 1. The lowest BCUT2D eigenvalue weighted by Gasteiger charge is -2.08. The summed E-state index contributed by atoms with van der Waals surface area (Å²) >= 11 is 1.25. The van der Waals surface area contributed by atoms with Crippen LogP contribution in [0.15, 0.2) is 48.7 Å². The summed E-state index contributed by atoms with van der Waals surface area (Å²) in [6.07, 6.45) is -3.56. The molecule has 1 amide bonds. The molecule has 0 aliphatic carbocycles.